The lowest BCUT2D eigenvalue weighted by Crippen LogP contribution is -2.07. The largest absolute Gasteiger partial charge is 0.481 e. The van der Waals surface area contributed by atoms with E-state index in [1.54, 1.807) is 25.5 Å². The highest BCUT2D eigenvalue weighted by molar-refractivity contribution is 5.66. The van der Waals surface area contributed by atoms with Crippen LogP contribution >= 0.6 is 0 Å². The number of aliphatic hydroxyl groups is 1. The number of aromatic nitrogens is 4. The fraction of sp³-hybridized carbons (Fsp3) is 0.231. The molecule has 8 heteroatoms. The Labute approximate surface area is 196 Å². The van der Waals surface area contributed by atoms with Gasteiger partial charge in [-0.25, -0.2) is 4.98 Å². The Morgan fingerprint density at radius 1 is 1.09 bits per heavy atom. The molecule has 1 atom stereocenters. The van der Waals surface area contributed by atoms with E-state index in [1.807, 2.05) is 47.0 Å². The normalized spacial score (nSPS) is 11.6. The molecule has 3 heterocycles. The molecule has 8 nitrogen and oxygen atoms in total. The summed E-state index contributed by atoms with van der Waals surface area (Å²) in [6.07, 6.45) is 5.84. The first-order valence-corrected chi connectivity index (χ1v) is 10.9. The molecule has 4 aromatic rings. The van der Waals surface area contributed by atoms with Gasteiger partial charge in [0, 0.05) is 53.5 Å². The number of nitrogens with zero attached hydrogens (tertiary/aromatic N) is 4. The minimum atomic E-state index is -0.793. The number of aryl methyl sites for hydroxylation is 1. The minimum absolute atomic E-state index is 0.142. The van der Waals surface area contributed by atoms with Crippen LogP contribution in [0.3, 0.4) is 0 Å². The number of carboxylic acid groups (broad SMARTS) is 1. The quantitative estimate of drug-likeness (QED) is 0.387. The number of rotatable bonds is 8. The standard InChI is InChI=1S/C26H24N4O4/c1-18(31)26-27-13-14-30(26)17-23-15-24(34-29-23)21-10-7-19(8-11-21)5-6-20-9-12-22(28-16-20)3-2-4-25(32)33/h7-16,18,31H,2-4,17H2,1H3,(H,32,33)/t18-/m0/s1. The number of aliphatic carboxylic acids is 1. The number of hydrogen-bond acceptors (Lipinski definition) is 6. The molecule has 4 rings (SSSR count). The second-order valence-electron chi connectivity index (χ2n) is 7.88. The van der Waals surface area contributed by atoms with Crippen LogP contribution in [0.15, 0.2) is 65.6 Å². The zero-order chi connectivity index (χ0) is 23.9. The van der Waals surface area contributed by atoms with Crippen molar-refractivity contribution in [3.05, 3.63) is 89.4 Å². The maximum absolute atomic E-state index is 10.6. The molecule has 34 heavy (non-hydrogen) atoms. The van der Waals surface area contributed by atoms with Gasteiger partial charge in [0.15, 0.2) is 5.76 Å². The number of imidazole rings is 1. The third-order valence-electron chi connectivity index (χ3n) is 5.18. The van der Waals surface area contributed by atoms with Gasteiger partial charge in [0.25, 0.3) is 0 Å². The lowest BCUT2D eigenvalue weighted by Gasteiger charge is -2.07. The number of hydrogen-bond donors (Lipinski definition) is 2. The van der Waals surface area contributed by atoms with E-state index in [0.29, 0.717) is 31.0 Å². The van der Waals surface area contributed by atoms with Gasteiger partial charge in [-0.05, 0) is 56.2 Å². The molecule has 1 aromatic carbocycles. The second kappa shape index (κ2) is 10.6. The van der Waals surface area contributed by atoms with Gasteiger partial charge in [0.1, 0.15) is 17.6 Å². The molecule has 0 unspecified atom stereocenters. The third kappa shape index (κ3) is 5.97. The highest BCUT2D eigenvalue weighted by atomic mass is 16.5. The SMILES string of the molecule is C[C@H](O)c1nccn1Cc1cc(-c2ccc(C#Cc3ccc(CCCC(=O)O)nc3)cc2)on1. The first-order chi connectivity index (χ1) is 16.5. The van der Waals surface area contributed by atoms with Crippen molar-refractivity contribution < 1.29 is 19.5 Å². The van der Waals surface area contributed by atoms with Crippen molar-refractivity contribution in [3.8, 4) is 23.2 Å². The van der Waals surface area contributed by atoms with E-state index in [2.05, 4.69) is 27.0 Å². The van der Waals surface area contributed by atoms with Gasteiger partial charge in [-0.15, -0.1) is 0 Å². The first kappa shape index (κ1) is 23.0. The Morgan fingerprint density at radius 3 is 2.56 bits per heavy atom. The Morgan fingerprint density at radius 2 is 1.85 bits per heavy atom. The molecule has 0 aliphatic rings. The molecular formula is C26H24N4O4. The number of pyridine rings is 1. The third-order valence-corrected chi connectivity index (χ3v) is 5.18. The summed E-state index contributed by atoms with van der Waals surface area (Å²) in [6.45, 7) is 2.13. The van der Waals surface area contributed by atoms with E-state index in [0.717, 1.165) is 28.1 Å². The summed E-state index contributed by atoms with van der Waals surface area (Å²) in [5.74, 6) is 6.65. The predicted molar refractivity (Wildman–Crippen MR) is 125 cm³/mol. The molecule has 0 aliphatic carbocycles. The van der Waals surface area contributed by atoms with Crippen LogP contribution in [0, 0.1) is 11.8 Å². The monoisotopic (exact) mass is 456 g/mol. The molecule has 0 fully saturated rings. The van der Waals surface area contributed by atoms with Gasteiger partial charge in [0.05, 0.1) is 6.54 Å². The van der Waals surface area contributed by atoms with Gasteiger partial charge < -0.3 is 19.3 Å². The molecule has 172 valence electrons. The molecule has 0 bridgehead atoms. The van der Waals surface area contributed by atoms with Gasteiger partial charge in [0.2, 0.25) is 0 Å². The summed E-state index contributed by atoms with van der Waals surface area (Å²) in [7, 11) is 0. The van der Waals surface area contributed by atoms with Crippen LogP contribution in [-0.4, -0.2) is 35.9 Å². The van der Waals surface area contributed by atoms with Crippen LogP contribution in [0.5, 0.6) is 0 Å². The Balaban J connectivity index is 1.37. The maximum atomic E-state index is 10.6. The number of benzene rings is 1. The number of carbonyl (C=O) groups is 1. The lowest BCUT2D eigenvalue weighted by molar-refractivity contribution is -0.137. The highest BCUT2D eigenvalue weighted by Crippen LogP contribution is 2.22. The van der Waals surface area contributed by atoms with Crippen molar-refractivity contribution >= 4 is 5.97 Å². The van der Waals surface area contributed by atoms with Gasteiger partial charge in [-0.1, -0.05) is 17.0 Å². The van der Waals surface area contributed by atoms with Crippen molar-refractivity contribution in [1.29, 1.82) is 0 Å². The van der Waals surface area contributed by atoms with Crippen molar-refractivity contribution in [2.75, 3.05) is 0 Å². The van der Waals surface area contributed by atoms with Crippen molar-refractivity contribution in [3.63, 3.8) is 0 Å². The number of carboxylic acids is 1. The summed E-state index contributed by atoms with van der Waals surface area (Å²) in [5, 5.41) is 22.6. The molecule has 0 saturated heterocycles. The lowest BCUT2D eigenvalue weighted by atomic mass is 10.1. The van der Waals surface area contributed by atoms with E-state index in [4.69, 9.17) is 9.63 Å². The predicted octanol–water partition coefficient (Wildman–Crippen LogP) is 3.84. The summed E-state index contributed by atoms with van der Waals surface area (Å²) < 4.78 is 7.33. The average Bonchev–Trinajstić information content (AvgIpc) is 3.49. The summed E-state index contributed by atoms with van der Waals surface area (Å²) >= 11 is 0. The van der Waals surface area contributed by atoms with E-state index in [9.17, 15) is 9.90 Å². The van der Waals surface area contributed by atoms with Crippen LogP contribution < -0.4 is 0 Å². The molecule has 0 spiro atoms. The van der Waals surface area contributed by atoms with Crippen LogP contribution in [0.25, 0.3) is 11.3 Å². The van der Waals surface area contributed by atoms with E-state index in [1.165, 1.54) is 0 Å². The second-order valence-corrected chi connectivity index (χ2v) is 7.88. The zero-order valence-electron chi connectivity index (χ0n) is 18.7. The summed E-state index contributed by atoms with van der Waals surface area (Å²) in [6, 6.07) is 13.3. The molecule has 0 radical (unpaired) electrons. The Kier molecular flexibility index (Phi) is 7.16. The van der Waals surface area contributed by atoms with Crippen LogP contribution in [0.2, 0.25) is 0 Å². The van der Waals surface area contributed by atoms with Gasteiger partial charge in [-0.2, -0.15) is 0 Å². The molecule has 0 saturated carbocycles. The summed E-state index contributed by atoms with van der Waals surface area (Å²) in [5.41, 5.74) is 4.13. The maximum Gasteiger partial charge on any atom is 0.303 e. The molecular weight excluding hydrogens is 432 g/mol. The average molecular weight is 457 g/mol. The first-order valence-electron chi connectivity index (χ1n) is 10.9. The smallest absolute Gasteiger partial charge is 0.303 e. The van der Waals surface area contributed by atoms with Crippen LogP contribution in [0.4, 0.5) is 0 Å². The molecule has 3 aromatic heterocycles. The van der Waals surface area contributed by atoms with Crippen molar-refractivity contribution in [2.45, 2.75) is 38.8 Å². The van der Waals surface area contributed by atoms with Crippen LogP contribution in [0.1, 0.15) is 54.2 Å². The van der Waals surface area contributed by atoms with E-state index in [-0.39, 0.29) is 6.42 Å². The fourth-order valence-corrected chi connectivity index (χ4v) is 3.45. The zero-order valence-corrected chi connectivity index (χ0v) is 18.7. The van der Waals surface area contributed by atoms with Crippen LogP contribution in [-0.2, 0) is 17.8 Å². The van der Waals surface area contributed by atoms with E-state index >= 15 is 0 Å². The number of aliphatic hydroxyl groups excluding tert-OH is 1. The van der Waals surface area contributed by atoms with Gasteiger partial charge in [-0.3, -0.25) is 9.78 Å². The molecule has 0 amide bonds. The minimum Gasteiger partial charge on any atom is -0.481 e. The Hall–Kier alpha value is -4.22. The Bertz CT molecular complexity index is 1310. The van der Waals surface area contributed by atoms with Gasteiger partial charge >= 0.3 is 5.97 Å². The van der Waals surface area contributed by atoms with Crippen molar-refractivity contribution in [2.24, 2.45) is 0 Å². The topological polar surface area (TPSA) is 114 Å². The van der Waals surface area contributed by atoms with E-state index < -0.39 is 12.1 Å². The molecule has 0 aliphatic heterocycles. The fourth-order valence-electron chi connectivity index (χ4n) is 3.45. The van der Waals surface area contributed by atoms with Crippen molar-refractivity contribution in [1.82, 2.24) is 19.7 Å². The molecule has 2 N–H and O–H groups in total. The summed E-state index contributed by atoms with van der Waals surface area (Å²) in [4.78, 5) is 19.1. The highest BCUT2D eigenvalue weighted by Gasteiger charge is 2.12.